The molecule has 0 saturated heterocycles. The molecule has 0 aromatic heterocycles. The van der Waals surface area contributed by atoms with Gasteiger partial charge in [-0.3, -0.25) is 4.79 Å². The van der Waals surface area contributed by atoms with Crippen LogP contribution in [0.15, 0.2) is 5.11 Å². The zero-order chi connectivity index (χ0) is 12.0. The van der Waals surface area contributed by atoms with E-state index in [0.29, 0.717) is 0 Å². The predicted molar refractivity (Wildman–Crippen MR) is 48.7 cm³/mol. The standard InChI is InChI=1S/C7H13N3O5/c1-3(11)5(13)7(15)6(14)4(12)2-9-10-8/h4-7,12-15H,2H2,1H3/t4-,5+,6+,7+/m0/s1. The Morgan fingerprint density at radius 1 is 1.33 bits per heavy atom. The molecule has 0 spiro atoms. The van der Waals surface area contributed by atoms with Crippen LogP contribution in [0.1, 0.15) is 6.92 Å². The van der Waals surface area contributed by atoms with E-state index in [1.807, 2.05) is 0 Å². The highest BCUT2D eigenvalue weighted by Crippen LogP contribution is 2.06. The maximum Gasteiger partial charge on any atom is 0.160 e. The van der Waals surface area contributed by atoms with Crippen molar-refractivity contribution < 1.29 is 25.2 Å². The number of nitrogens with zero attached hydrogens (tertiary/aromatic N) is 3. The lowest BCUT2D eigenvalue weighted by Gasteiger charge is -2.24. The number of aliphatic hydroxyl groups is 4. The number of Topliss-reactive ketones (excluding diaryl/α,β-unsaturated/α-hetero) is 1. The fourth-order valence-corrected chi connectivity index (χ4v) is 0.883. The zero-order valence-corrected chi connectivity index (χ0v) is 8.06. The van der Waals surface area contributed by atoms with E-state index in [2.05, 4.69) is 10.0 Å². The highest BCUT2D eigenvalue weighted by Gasteiger charge is 2.32. The number of rotatable bonds is 6. The monoisotopic (exact) mass is 219 g/mol. The molecule has 0 unspecified atom stereocenters. The molecule has 0 aliphatic carbocycles. The van der Waals surface area contributed by atoms with E-state index in [0.717, 1.165) is 6.92 Å². The third-order valence-electron chi connectivity index (χ3n) is 1.82. The van der Waals surface area contributed by atoms with Crippen LogP contribution in [-0.2, 0) is 4.79 Å². The van der Waals surface area contributed by atoms with Gasteiger partial charge >= 0.3 is 0 Å². The van der Waals surface area contributed by atoms with Crippen LogP contribution >= 0.6 is 0 Å². The Balaban J connectivity index is 4.35. The average Bonchev–Trinajstić information content (AvgIpc) is 2.22. The first-order valence-corrected chi connectivity index (χ1v) is 4.15. The Labute approximate surface area is 85.4 Å². The van der Waals surface area contributed by atoms with Crippen LogP contribution in [0.25, 0.3) is 10.4 Å². The molecule has 0 saturated carbocycles. The molecule has 0 heterocycles. The van der Waals surface area contributed by atoms with Crippen molar-refractivity contribution in [3.8, 4) is 0 Å². The third kappa shape index (κ3) is 4.24. The quantitative estimate of drug-likeness (QED) is 0.239. The number of azide groups is 1. The van der Waals surface area contributed by atoms with E-state index < -0.39 is 36.7 Å². The van der Waals surface area contributed by atoms with E-state index in [-0.39, 0.29) is 0 Å². The second-order valence-corrected chi connectivity index (χ2v) is 3.02. The van der Waals surface area contributed by atoms with Crippen molar-refractivity contribution in [2.75, 3.05) is 6.54 Å². The molecule has 8 nitrogen and oxygen atoms in total. The van der Waals surface area contributed by atoms with Gasteiger partial charge in [-0.05, 0) is 12.5 Å². The van der Waals surface area contributed by atoms with Crippen LogP contribution in [0.4, 0.5) is 0 Å². The van der Waals surface area contributed by atoms with Gasteiger partial charge in [0.05, 0.1) is 12.6 Å². The third-order valence-corrected chi connectivity index (χ3v) is 1.82. The van der Waals surface area contributed by atoms with Crippen molar-refractivity contribution in [2.24, 2.45) is 5.11 Å². The average molecular weight is 219 g/mol. The highest BCUT2D eigenvalue weighted by molar-refractivity contribution is 5.80. The summed E-state index contributed by atoms with van der Waals surface area (Å²) in [6, 6.07) is 0. The molecular weight excluding hydrogens is 206 g/mol. The highest BCUT2D eigenvalue weighted by atomic mass is 16.4. The van der Waals surface area contributed by atoms with Crippen LogP contribution < -0.4 is 0 Å². The predicted octanol–water partition coefficient (Wildman–Crippen LogP) is -1.67. The summed E-state index contributed by atoms with van der Waals surface area (Å²) >= 11 is 0. The van der Waals surface area contributed by atoms with Crippen molar-refractivity contribution in [1.82, 2.24) is 0 Å². The largest absolute Gasteiger partial charge is 0.390 e. The maximum absolute atomic E-state index is 10.6. The number of aliphatic hydroxyl groups excluding tert-OH is 4. The van der Waals surface area contributed by atoms with Gasteiger partial charge in [-0.2, -0.15) is 0 Å². The molecule has 0 aromatic carbocycles. The summed E-state index contributed by atoms with van der Waals surface area (Å²) in [5.74, 6) is -0.738. The van der Waals surface area contributed by atoms with Crippen LogP contribution in [0, 0.1) is 0 Å². The number of hydrogen-bond donors (Lipinski definition) is 4. The topological polar surface area (TPSA) is 147 Å². The SMILES string of the molecule is CC(=O)[C@@H](O)[C@@H](O)[C@H](O)[C@@H](O)CN=[N+]=[N-]. The fraction of sp³-hybridized carbons (Fsp3) is 0.857. The fourth-order valence-electron chi connectivity index (χ4n) is 0.883. The van der Waals surface area contributed by atoms with Gasteiger partial charge in [0.2, 0.25) is 0 Å². The Morgan fingerprint density at radius 2 is 1.87 bits per heavy atom. The minimum atomic E-state index is -1.81. The van der Waals surface area contributed by atoms with E-state index >= 15 is 0 Å². The normalized spacial score (nSPS) is 18.5. The lowest BCUT2D eigenvalue weighted by atomic mass is 10.0. The van der Waals surface area contributed by atoms with Gasteiger partial charge in [0.15, 0.2) is 5.78 Å². The van der Waals surface area contributed by atoms with E-state index in [4.69, 9.17) is 15.7 Å². The number of ketones is 1. The summed E-state index contributed by atoms with van der Waals surface area (Å²) in [5, 5.41) is 39.6. The van der Waals surface area contributed by atoms with Crippen LogP contribution in [0.5, 0.6) is 0 Å². The molecule has 0 amide bonds. The minimum Gasteiger partial charge on any atom is -0.390 e. The lowest BCUT2D eigenvalue weighted by Crippen LogP contribution is -2.47. The van der Waals surface area contributed by atoms with E-state index in [1.165, 1.54) is 0 Å². The first-order chi connectivity index (χ1) is 6.91. The summed E-state index contributed by atoms with van der Waals surface area (Å²) in [4.78, 5) is 13.0. The van der Waals surface area contributed by atoms with Gasteiger partial charge in [-0.1, -0.05) is 5.11 Å². The molecule has 0 fully saturated rings. The van der Waals surface area contributed by atoms with Crippen molar-refractivity contribution in [1.29, 1.82) is 0 Å². The molecule has 4 N–H and O–H groups in total. The van der Waals surface area contributed by atoms with Crippen molar-refractivity contribution in [2.45, 2.75) is 31.3 Å². The van der Waals surface area contributed by atoms with Crippen LogP contribution in [-0.4, -0.2) is 57.2 Å². The molecule has 0 aromatic rings. The molecular formula is C7H13N3O5. The minimum absolute atomic E-state index is 0.459. The molecule has 0 rings (SSSR count). The van der Waals surface area contributed by atoms with Gasteiger partial charge in [-0.25, -0.2) is 0 Å². The summed E-state index contributed by atoms with van der Waals surface area (Å²) in [6.45, 7) is 0.569. The van der Waals surface area contributed by atoms with Crippen molar-refractivity contribution >= 4 is 5.78 Å². The summed E-state index contributed by atoms with van der Waals surface area (Å²) in [6.07, 6.45) is -6.88. The van der Waals surface area contributed by atoms with Crippen LogP contribution in [0.2, 0.25) is 0 Å². The number of carbonyl (C=O) groups is 1. The second kappa shape index (κ2) is 6.33. The Bertz CT molecular complexity index is 265. The molecule has 0 radical (unpaired) electrons. The lowest BCUT2D eigenvalue weighted by molar-refractivity contribution is -0.142. The van der Waals surface area contributed by atoms with Gasteiger partial charge in [0.25, 0.3) is 0 Å². The zero-order valence-electron chi connectivity index (χ0n) is 8.06. The van der Waals surface area contributed by atoms with E-state index in [9.17, 15) is 15.0 Å². The molecule has 0 aliphatic rings. The maximum atomic E-state index is 10.6. The Hall–Kier alpha value is -1.18. The second-order valence-electron chi connectivity index (χ2n) is 3.02. The van der Waals surface area contributed by atoms with Gasteiger partial charge in [0.1, 0.15) is 18.3 Å². The molecule has 0 aliphatic heterocycles. The van der Waals surface area contributed by atoms with Crippen LogP contribution in [0.3, 0.4) is 0 Å². The summed E-state index contributed by atoms with van der Waals surface area (Å²) in [7, 11) is 0. The Morgan fingerprint density at radius 3 is 2.27 bits per heavy atom. The summed E-state index contributed by atoms with van der Waals surface area (Å²) < 4.78 is 0. The molecule has 86 valence electrons. The summed E-state index contributed by atoms with van der Waals surface area (Å²) in [5.41, 5.74) is 7.93. The number of carbonyl (C=O) groups excluding carboxylic acids is 1. The Kier molecular flexibility index (Phi) is 5.83. The molecule has 8 heteroatoms. The first-order valence-electron chi connectivity index (χ1n) is 4.15. The van der Waals surface area contributed by atoms with Crippen molar-refractivity contribution in [3.05, 3.63) is 10.4 Å². The van der Waals surface area contributed by atoms with Gasteiger partial charge in [0, 0.05) is 4.91 Å². The molecule has 0 bridgehead atoms. The van der Waals surface area contributed by atoms with Gasteiger partial charge < -0.3 is 20.4 Å². The molecule has 15 heavy (non-hydrogen) atoms. The first kappa shape index (κ1) is 13.8. The molecule has 4 atom stereocenters. The van der Waals surface area contributed by atoms with Crippen molar-refractivity contribution in [3.63, 3.8) is 0 Å². The van der Waals surface area contributed by atoms with E-state index in [1.54, 1.807) is 0 Å². The smallest absolute Gasteiger partial charge is 0.160 e. The van der Waals surface area contributed by atoms with Gasteiger partial charge in [-0.15, -0.1) is 0 Å². The number of hydrogen-bond acceptors (Lipinski definition) is 6.